The minimum Gasteiger partial charge on any atom is -0.444 e. The average molecular weight is 312 g/mol. The molecule has 0 aromatic rings. The van der Waals surface area contributed by atoms with Crippen molar-refractivity contribution in [2.45, 2.75) is 70.6 Å². The summed E-state index contributed by atoms with van der Waals surface area (Å²) in [6.07, 6.45) is 5.92. The van der Waals surface area contributed by atoms with E-state index >= 15 is 0 Å². The van der Waals surface area contributed by atoms with Crippen LogP contribution < -0.4 is 0 Å². The Balaban J connectivity index is 1.72. The van der Waals surface area contributed by atoms with Gasteiger partial charge in [-0.15, -0.1) is 0 Å². The zero-order chi connectivity index (χ0) is 16.2. The van der Waals surface area contributed by atoms with Crippen LogP contribution in [0.15, 0.2) is 0 Å². The molecule has 2 aliphatic rings. The number of ether oxygens (including phenoxy) is 2. The highest BCUT2D eigenvalue weighted by Crippen LogP contribution is 2.20. The van der Waals surface area contributed by atoms with E-state index in [1.807, 2.05) is 25.7 Å². The number of nitrogens with zero attached hydrogens (tertiary/aromatic N) is 2. The normalized spacial score (nSPS) is 24.6. The molecule has 1 amide bonds. The lowest BCUT2D eigenvalue weighted by Gasteiger charge is -2.38. The van der Waals surface area contributed by atoms with Gasteiger partial charge in [0.05, 0.1) is 6.10 Å². The second-order valence-corrected chi connectivity index (χ2v) is 7.63. The SMILES string of the molecule is CN(C[C@H]1CCCCO1)C1CCN(C(=O)OC(C)(C)C)CC1. The molecule has 0 N–H and O–H groups in total. The van der Waals surface area contributed by atoms with Crippen molar-refractivity contribution >= 4 is 6.09 Å². The van der Waals surface area contributed by atoms with E-state index in [1.165, 1.54) is 19.3 Å². The van der Waals surface area contributed by atoms with E-state index in [0.29, 0.717) is 12.1 Å². The number of hydrogen-bond donors (Lipinski definition) is 0. The summed E-state index contributed by atoms with van der Waals surface area (Å²) in [6, 6.07) is 0.546. The number of hydrogen-bond acceptors (Lipinski definition) is 4. The number of amides is 1. The number of carbonyl (C=O) groups excluding carboxylic acids is 1. The van der Waals surface area contributed by atoms with Crippen LogP contribution in [0.5, 0.6) is 0 Å². The predicted octanol–water partition coefficient (Wildman–Crippen LogP) is 2.89. The van der Waals surface area contributed by atoms with E-state index in [-0.39, 0.29) is 6.09 Å². The molecule has 0 aromatic heterocycles. The van der Waals surface area contributed by atoms with Gasteiger partial charge >= 0.3 is 6.09 Å². The maximum atomic E-state index is 12.1. The predicted molar refractivity (Wildman–Crippen MR) is 87.1 cm³/mol. The maximum Gasteiger partial charge on any atom is 0.410 e. The smallest absolute Gasteiger partial charge is 0.410 e. The van der Waals surface area contributed by atoms with Crippen LogP contribution in [0.3, 0.4) is 0 Å². The lowest BCUT2D eigenvalue weighted by molar-refractivity contribution is -0.0165. The minimum atomic E-state index is -0.414. The van der Waals surface area contributed by atoms with E-state index in [9.17, 15) is 4.79 Å². The Bertz CT molecular complexity index is 353. The van der Waals surface area contributed by atoms with Gasteiger partial charge in [0.2, 0.25) is 0 Å². The largest absolute Gasteiger partial charge is 0.444 e. The van der Waals surface area contributed by atoms with Crippen LogP contribution in [0.1, 0.15) is 52.9 Å². The Kier molecular flexibility index (Phi) is 6.09. The minimum absolute atomic E-state index is 0.177. The van der Waals surface area contributed by atoms with Crippen LogP contribution in [0.4, 0.5) is 4.79 Å². The summed E-state index contributed by atoms with van der Waals surface area (Å²) in [5.74, 6) is 0. The fourth-order valence-corrected chi connectivity index (χ4v) is 3.24. The van der Waals surface area contributed by atoms with Gasteiger partial charge < -0.3 is 19.3 Å². The van der Waals surface area contributed by atoms with Gasteiger partial charge in [0, 0.05) is 32.3 Å². The van der Waals surface area contributed by atoms with Crippen molar-refractivity contribution in [3.63, 3.8) is 0 Å². The van der Waals surface area contributed by atoms with Gasteiger partial charge in [-0.25, -0.2) is 4.79 Å². The highest BCUT2D eigenvalue weighted by atomic mass is 16.6. The molecule has 2 fully saturated rings. The third-order valence-electron chi connectivity index (χ3n) is 4.51. The van der Waals surface area contributed by atoms with Crippen molar-refractivity contribution in [2.75, 3.05) is 33.3 Å². The average Bonchev–Trinajstić information content (AvgIpc) is 2.46. The van der Waals surface area contributed by atoms with Gasteiger partial charge in [-0.1, -0.05) is 0 Å². The van der Waals surface area contributed by atoms with Gasteiger partial charge in [-0.3, -0.25) is 0 Å². The Hall–Kier alpha value is -0.810. The van der Waals surface area contributed by atoms with Crippen LogP contribution >= 0.6 is 0 Å². The van der Waals surface area contributed by atoms with Crippen molar-refractivity contribution < 1.29 is 14.3 Å². The molecule has 2 rings (SSSR count). The molecular formula is C17H32N2O3. The zero-order valence-corrected chi connectivity index (χ0v) is 14.6. The highest BCUT2D eigenvalue weighted by molar-refractivity contribution is 5.68. The summed E-state index contributed by atoms with van der Waals surface area (Å²) in [7, 11) is 2.19. The number of likely N-dealkylation sites (N-methyl/N-ethyl adjacent to an activating group) is 1. The van der Waals surface area contributed by atoms with Crippen molar-refractivity contribution in [1.29, 1.82) is 0 Å². The number of likely N-dealkylation sites (tertiary alicyclic amines) is 1. The third kappa shape index (κ3) is 5.43. The lowest BCUT2D eigenvalue weighted by Crippen LogP contribution is -2.48. The van der Waals surface area contributed by atoms with E-state index in [2.05, 4.69) is 11.9 Å². The van der Waals surface area contributed by atoms with E-state index in [1.54, 1.807) is 0 Å². The van der Waals surface area contributed by atoms with Crippen molar-refractivity contribution in [3.05, 3.63) is 0 Å². The molecule has 0 aliphatic carbocycles. The van der Waals surface area contributed by atoms with Crippen LogP contribution in [-0.4, -0.2) is 66.9 Å². The van der Waals surface area contributed by atoms with E-state index < -0.39 is 5.60 Å². The molecule has 5 heteroatoms. The van der Waals surface area contributed by atoms with Gasteiger partial charge in [-0.05, 0) is 59.9 Å². The van der Waals surface area contributed by atoms with E-state index in [4.69, 9.17) is 9.47 Å². The molecule has 0 radical (unpaired) electrons. The molecule has 0 saturated carbocycles. The molecular weight excluding hydrogens is 280 g/mol. The third-order valence-corrected chi connectivity index (χ3v) is 4.51. The fourth-order valence-electron chi connectivity index (χ4n) is 3.24. The highest BCUT2D eigenvalue weighted by Gasteiger charge is 2.29. The fraction of sp³-hybridized carbons (Fsp3) is 0.941. The van der Waals surface area contributed by atoms with Crippen molar-refractivity contribution in [3.8, 4) is 0 Å². The van der Waals surface area contributed by atoms with Crippen LogP contribution in [0.2, 0.25) is 0 Å². The molecule has 128 valence electrons. The number of carbonyl (C=O) groups is 1. The van der Waals surface area contributed by atoms with Gasteiger partial charge in [0.25, 0.3) is 0 Å². The molecule has 0 spiro atoms. The number of piperidine rings is 1. The van der Waals surface area contributed by atoms with Crippen LogP contribution in [0.25, 0.3) is 0 Å². The van der Waals surface area contributed by atoms with Crippen molar-refractivity contribution in [2.24, 2.45) is 0 Å². The second kappa shape index (κ2) is 7.64. The summed E-state index contributed by atoms with van der Waals surface area (Å²) in [6.45, 7) is 9.23. The first-order valence-corrected chi connectivity index (χ1v) is 8.65. The summed E-state index contributed by atoms with van der Waals surface area (Å²) < 4.78 is 11.3. The Morgan fingerprint density at radius 2 is 1.91 bits per heavy atom. The molecule has 1 atom stereocenters. The quantitative estimate of drug-likeness (QED) is 0.803. The van der Waals surface area contributed by atoms with Gasteiger partial charge in [0.15, 0.2) is 0 Å². The standard InChI is InChI=1S/C17H32N2O3/c1-17(2,3)22-16(20)19-10-8-14(9-11-19)18(4)13-15-7-5-6-12-21-15/h14-15H,5-13H2,1-4H3/t15-/m1/s1. The molecule has 5 nitrogen and oxygen atoms in total. The molecule has 2 heterocycles. The maximum absolute atomic E-state index is 12.1. The Morgan fingerprint density at radius 1 is 1.23 bits per heavy atom. The zero-order valence-electron chi connectivity index (χ0n) is 14.6. The molecule has 2 saturated heterocycles. The first kappa shape index (κ1) is 17.5. The topological polar surface area (TPSA) is 42.0 Å². The molecule has 0 bridgehead atoms. The van der Waals surface area contributed by atoms with Crippen LogP contribution in [0, 0.1) is 0 Å². The van der Waals surface area contributed by atoms with Crippen LogP contribution in [-0.2, 0) is 9.47 Å². The van der Waals surface area contributed by atoms with Gasteiger partial charge in [-0.2, -0.15) is 0 Å². The first-order valence-electron chi connectivity index (χ1n) is 8.65. The Labute approximate surface area is 134 Å². The summed E-state index contributed by atoms with van der Waals surface area (Å²) in [4.78, 5) is 16.3. The first-order chi connectivity index (χ1) is 10.3. The molecule has 22 heavy (non-hydrogen) atoms. The second-order valence-electron chi connectivity index (χ2n) is 7.63. The number of rotatable bonds is 3. The monoisotopic (exact) mass is 312 g/mol. The lowest BCUT2D eigenvalue weighted by atomic mass is 10.0. The Morgan fingerprint density at radius 3 is 2.45 bits per heavy atom. The van der Waals surface area contributed by atoms with Gasteiger partial charge in [0.1, 0.15) is 5.60 Å². The molecule has 0 unspecified atom stereocenters. The summed E-state index contributed by atoms with van der Waals surface area (Å²) in [5.41, 5.74) is -0.414. The van der Waals surface area contributed by atoms with Crippen molar-refractivity contribution in [1.82, 2.24) is 9.80 Å². The van der Waals surface area contributed by atoms with E-state index in [0.717, 1.165) is 39.1 Å². The summed E-state index contributed by atoms with van der Waals surface area (Å²) >= 11 is 0. The summed E-state index contributed by atoms with van der Waals surface area (Å²) in [5, 5.41) is 0. The molecule has 2 aliphatic heterocycles. The molecule has 0 aromatic carbocycles.